The van der Waals surface area contributed by atoms with Crippen molar-refractivity contribution in [3.63, 3.8) is 0 Å². The highest BCUT2D eigenvalue weighted by Crippen LogP contribution is 2.22. The second-order valence-corrected chi connectivity index (χ2v) is 5.78. The van der Waals surface area contributed by atoms with Gasteiger partial charge in [0.25, 0.3) is 0 Å². The van der Waals surface area contributed by atoms with Crippen LogP contribution in [0.5, 0.6) is 0 Å². The summed E-state index contributed by atoms with van der Waals surface area (Å²) in [6.07, 6.45) is 6.52. The first kappa shape index (κ1) is 13.9. The molecule has 0 bridgehead atoms. The zero-order valence-electron chi connectivity index (χ0n) is 12.7. The molecule has 0 atom stereocenters. The number of nitrogens with one attached hydrogen (secondary N) is 1. The molecule has 6 nitrogen and oxygen atoms in total. The number of aromatic nitrogens is 4. The van der Waals surface area contributed by atoms with Crippen LogP contribution in [-0.2, 0) is 19.5 Å². The van der Waals surface area contributed by atoms with E-state index in [1.54, 1.807) is 6.20 Å². The molecule has 2 aromatic heterocycles. The molecule has 6 heteroatoms. The zero-order chi connectivity index (χ0) is 15.6. The van der Waals surface area contributed by atoms with Gasteiger partial charge in [-0.1, -0.05) is 0 Å². The van der Waals surface area contributed by atoms with Gasteiger partial charge in [0.1, 0.15) is 5.82 Å². The Balaban J connectivity index is 1.53. The molecule has 3 N–H and O–H groups in total. The molecule has 23 heavy (non-hydrogen) atoms. The molecule has 1 aliphatic heterocycles. The third-order valence-electron chi connectivity index (χ3n) is 4.11. The number of benzene rings is 1. The van der Waals surface area contributed by atoms with Gasteiger partial charge in [0.05, 0.1) is 12.2 Å². The van der Waals surface area contributed by atoms with E-state index in [9.17, 15) is 0 Å². The van der Waals surface area contributed by atoms with Gasteiger partial charge in [0.15, 0.2) is 5.82 Å². The summed E-state index contributed by atoms with van der Waals surface area (Å²) in [7, 11) is 0. The standard InChI is InChI=1S/C17H18N6/c18-14-3-1-12(2-4-14)17-21-9-13-10-23(8-5-15(13)22-17)11-16-19-6-7-20-16/h1-4,6-7,9H,5,8,10-11,18H2,(H,19,20). The molecule has 4 rings (SSSR count). The summed E-state index contributed by atoms with van der Waals surface area (Å²) < 4.78 is 0. The van der Waals surface area contributed by atoms with E-state index in [1.165, 1.54) is 5.56 Å². The van der Waals surface area contributed by atoms with Gasteiger partial charge in [-0.15, -0.1) is 0 Å². The maximum Gasteiger partial charge on any atom is 0.159 e. The van der Waals surface area contributed by atoms with Gasteiger partial charge in [0.2, 0.25) is 0 Å². The summed E-state index contributed by atoms with van der Waals surface area (Å²) in [6, 6.07) is 7.68. The predicted octanol–water partition coefficient (Wildman–Crippen LogP) is 2.01. The van der Waals surface area contributed by atoms with Crippen molar-refractivity contribution in [2.45, 2.75) is 19.5 Å². The minimum absolute atomic E-state index is 0.750. The number of nitrogens with zero attached hydrogens (tertiary/aromatic N) is 4. The lowest BCUT2D eigenvalue weighted by molar-refractivity contribution is 0.237. The number of imidazole rings is 1. The van der Waals surface area contributed by atoms with Crippen LogP contribution in [0.4, 0.5) is 5.69 Å². The van der Waals surface area contributed by atoms with Crippen molar-refractivity contribution >= 4 is 5.69 Å². The summed E-state index contributed by atoms with van der Waals surface area (Å²) in [5.74, 6) is 1.76. The lowest BCUT2D eigenvalue weighted by Crippen LogP contribution is -2.31. The summed E-state index contributed by atoms with van der Waals surface area (Å²) >= 11 is 0. The number of H-pyrrole nitrogens is 1. The highest BCUT2D eigenvalue weighted by atomic mass is 15.2. The maximum absolute atomic E-state index is 5.73. The van der Waals surface area contributed by atoms with Crippen LogP contribution in [0.1, 0.15) is 17.1 Å². The van der Waals surface area contributed by atoms with Crippen LogP contribution in [-0.4, -0.2) is 31.4 Å². The number of hydrogen-bond acceptors (Lipinski definition) is 5. The highest BCUT2D eigenvalue weighted by molar-refractivity contribution is 5.58. The fraction of sp³-hybridized carbons (Fsp3) is 0.235. The lowest BCUT2D eigenvalue weighted by atomic mass is 10.1. The first-order valence-electron chi connectivity index (χ1n) is 7.69. The summed E-state index contributed by atoms with van der Waals surface area (Å²) in [5.41, 5.74) is 9.82. The van der Waals surface area contributed by atoms with Gasteiger partial charge in [0, 0.05) is 54.9 Å². The molecule has 3 heterocycles. The molecule has 0 saturated carbocycles. The van der Waals surface area contributed by atoms with Crippen LogP contribution in [0.2, 0.25) is 0 Å². The van der Waals surface area contributed by atoms with Crippen LogP contribution >= 0.6 is 0 Å². The topological polar surface area (TPSA) is 83.7 Å². The van der Waals surface area contributed by atoms with E-state index in [2.05, 4.69) is 19.9 Å². The van der Waals surface area contributed by atoms with E-state index in [1.807, 2.05) is 36.7 Å². The van der Waals surface area contributed by atoms with Gasteiger partial charge in [-0.05, 0) is 24.3 Å². The van der Waals surface area contributed by atoms with Crippen molar-refractivity contribution < 1.29 is 0 Å². The molecule has 0 aliphatic carbocycles. The van der Waals surface area contributed by atoms with Crippen LogP contribution in [0.15, 0.2) is 42.9 Å². The average molecular weight is 306 g/mol. The number of hydrogen-bond donors (Lipinski definition) is 2. The molecule has 0 unspecified atom stereocenters. The molecule has 1 aliphatic rings. The van der Waals surface area contributed by atoms with Gasteiger partial charge in [-0.2, -0.15) is 0 Å². The largest absolute Gasteiger partial charge is 0.399 e. The van der Waals surface area contributed by atoms with E-state index in [4.69, 9.17) is 10.7 Å². The first-order chi connectivity index (χ1) is 11.3. The highest BCUT2D eigenvalue weighted by Gasteiger charge is 2.19. The molecule has 3 aromatic rings. The number of aromatic amines is 1. The van der Waals surface area contributed by atoms with Crippen molar-refractivity contribution in [1.82, 2.24) is 24.8 Å². The summed E-state index contributed by atoms with van der Waals surface area (Å²) in [6.45, 7) is 2.66. The summed E-state index contributed by atoms with van der Waals surface area (Å²) in [4.78, 5) is 19.1. The van der Waals surface area contributed by atoms with Crippen LogP contribution < -0.4 is 5.73 Å². The van der Waals surface area contributed by atoms with Crippen LogP contribution in [0, 0.1) is 0 Å². The van der Waals surface area contributed by atoms with Crippen LogP contribution in [0.25, 0.3) is 11.4 Å². The monoisotopic (exact) mass is 306 g/mol. The fourth-order valence-corrected chi connectivity index (χ4v) is 2.88. The molecule has 0 spiro atoms. The quantitative estimate of drug-likeness (QED) is 0.723. The molecular weight excluding hydrogens is 288 g/mol. The first-order valence-corrected chi connectivity index (χ1v) is 7.69. The Morgan fingerprint density at radius 1 is 1.17 bits per heavy atom. The molecule has 116 valence electrons. The van der Waals surface area contributed by atoms with Crippen molar-refractivity contribution in [2.75, 3.05) is 12.3 Å². The normalized spacial score (nSPS) is 14.6. The maximum atomic E-state index is 5.73. The van der Waals surface area contributed by atoms with Gasteiger partial charge in [-0.3, -0.25) is 4.90 Å². The Morgan fingerprint density at radius 2 is 2.04 bits per heavy atom. The Bertz CT molecular complexity index is 794. The van der Waals surface area contributed by atoms with Gasteiger partial charge in [-0.25, -0.2) is 15.0 Å². The number of rotatable bonds is 3. The van der Waals surface area contributed by atoms with Gasteiger partial charge >= 0.3 is 0 Å². The zero-order valence-corrected chi connectivity index (χ0v) is 12.7. The predicted molar refractivity (Wildman–Crippen MR) is 88.3 cm³/mol. The number of anilines is 1. The average Bonchev–Trinajstić information content (AvgIpc) is 3.08. The van der Waals surface area contributed by atoms with E-state index >= 15 is 0 Å². The Morgan fingerprint density at radius 3 is 2.83 bits per heavy atom. The number of nitrogens with two attached hydrogens (primary N) is 1. The van der Waals surface area contributed by atoms with Crippen molar-refractivity contribution in [3.8, 4) is 11.4 Å². The third-order valence-corrected chi connectivity index (χ3v) is 4.11. The third kappa shape index (κ3) is 2.93. The fourth-order valence-electron chi connectivity index (χ4n) is 2.88. The SMILES string of the molecule is Nc1ccc(-c2ncc3c(n2)CCN(Cc2ncc[nH]2)C3)cc1. The van der Waals surface area contributed by atoms with E-state index in [-0.39, 0.29) is 0 Å². The van der Waals surface area contributed by atoms with Crippen molar-refractivity contribution in [3.05, 3.63) is 59.9 Å². The molecule has 1 aromatic carbocycles. The minimum atomic E-state index is 0.750. The smallest absolute Gasteiger partial charge is 0.159 e. The Kier molecular flexibility index (Phi) is 3.51. The van der Waals surface area contributed by atoms with E-state index in [0.717, 1.165) is 54.6 Å². The van der Waals surface area contributed by atoms with Gasteiger partial charge < -0.3 is 10.7 Å². The van der Waals surface area contributed by atoms with Crippen molar-refractivity contribution in [1.29, 1.82) is 0 Å². The summed E-state index contributed by atoms with van der Waals surface area (Å²) in [5, 5.41) is 0. The second kappa shape index (κ2) is 5.81. The molecule has 0 saturated heterocycles. The lowest BCUT2D eigenvalue weighted by Gasteiger charge is -2.27. The van der Waals surface area contributed by atoms with E-state index in [0.29, 0.717) is 0 Å². The van der Waals surface area contributed by atoms with E-state index < -0.39 is 0 Å². The van der Waals surface area contributed by atoms with Crippen molar-refractivity contribution in [2.24, 2.45) is 0 Å². The molecule has 0 radical (unpaired) electrons. The minimum Gasteiger partial charge on any atom is -0.399 e. The second-order valence-electron chi connectivity index (χ2n) is 5.78. The molecule has 0 amide bonds. The molecule has 0 fully saturated rings. The number of fused-ring (bicyclic) bond motifs is 1. The Hall–Kier alpha value is -2.73. The molecular formula is C17H18N6. The number of nitrogen functional groups attached to an aromatic ring is 1. The van der Waals surface area contributed by atoms with Crippen LogP contribution in [0.3, 0.4) is 0 Å². The Labute approximate surface area is 134 Å².